The van der Waals surface area contributed by atoms with Crippen LogP contribution in [-0.4, -0.2) is 43.9 Å². The molecule has 0 spiro atoms. The van der Waals surface area contributed by atoms with E-state index in [9.17, 15) is 13.8 Å². The lowest BCUT2D eigenvalue weighted by atomic mass is 9.99. The quantitative estimate of drug-likeness (QED) is 0.717. The number of anilines is 1. The normalized spacial score (nSPS) is 15.3. The van der Waals surface area contributed by atoms with Crippen LogP contribution in [0.1, 0.15) is 59.4 Å². The summed E-state index contributed by atoms with van der Waals surface area (Å²) < 4.78 is 16.6. The van der Waals surface area contributed by atoms with E-state index in [2.05, 4.69) is 21.2 Å². The monoisotopic (exact) mass is 443 g/mol. The van der Waals surface area contributed by atoms with Gasteiger partial charge in [-0.2, -0.15) is 5.10 Å². The van der Waals surface area contributed by atoms with Crippen LogP contribution in [0, 0.1) is 0 Å². The van der Waals surface area contributed by atoms with Crippen LogP contribution in [0.5, 0.6) is 0 Å². The van der Waals surface area contributed by atoms with E-state index in [1.807, 2.05) is 13.8 Å². The van der Waals surface area contributed by atoms with Crippen molar-refractivity contribution >= 4 is 28.6 Å². The fourth-order valence-electron chi connectivity index (χ4n) is 4.65. The van der Waals surface area contributed by atoms with E-state index < -0.39 is 17.0 Å². The molecule has 1 aromatic carbocycles. The summed E-state index contributed by atoms with van der Waals surface area (Å²) in [5.74, 6) is -0.178. The molecule has 0 saturated heterocycles. The van der Waals surface area contributed by atoms with Crippen LogP contribution in [0.4, 0.5) is 10.5 Å². The Hall–Kier alpha value is -2.68. The number of amides is 3. The molecule has 31 heavy (non-hydrogen) atoms. The summed E-state index contributed by atoms with van der Waals surface area (Å²) in [5.41, 5.74) is 6.31. The van der Waals surface area contributed by atoms with Gasteiger partial charge < -0.3 is 10.2 Å². The van der Waals surface area contributed by atoms with E-state index in [0.29, 0.717) is 18.8 Å². The second-order valence-corrected chi connectivity index (χ2v) is 9.19. The predicted octanol–water partition coefficient (Wildman–Crippen LogP) is 2.72. The first-order valence-electron chi connectivity index (χ1n) is 10.9. The average Bonchev–Trinajstić information content (AvgIpc) is 3.47. The van der Waals surface area contributed by atoms with Crippen molar-refractivity contribution in [3.63, 3.8) is 0 Å². The minimum absolute atomic E-state index is 0.150. The van der Waals surface area contributed by atoms with Crippen molar-refractivity contribution in [3.05, 3.63) is 40.1 Å². The van der Waals surface area contributed by atoms with Crippen LogP contribution >= 0.6 is 0 Å². The van der Waals surface area contributed by atoms with Gasteiger partial charge in [-0.05, 0) is 74.6 Å². The SMILES string of the molecule is CCN(CC)C(=O)c1cc(S(=O)NC(=O)Nc2c3c(cc4c2CCC4)CCC3)nn1C. The zero-order valence-electron chi connectivity index (χ0n) is 18.3. The first-order valence-corrected chi connectivity index (χ1v) is 12.1. The van der Waals surface area contributed by atoms with Crippen LogP contribution < -0.4 is 10.0 Å². The van der Waals surface area contributed by atoms with Crippen molar-refractivity contribution in [3.8, 4) is 0 Å². The molecule has 9 heteroatoms. The van der Waals surface area contributed by atoms with Gasteiger partial charge in [-0.15, -0.1) is 0 Å². The summed E-state index contributed by atoms with van der Waals surface area (Å²) in [5, 5.41) is 7.31. The highest BCUT2D eigenvalue weighted by Gasteiger charge is 2.26. The highest BCUT2D eigenvalue weighted by Crippen LogP contribution is 2.38. The van der Waals surface area contributed by atoms with E-state index in [1.54, 1.807) is 11.9 Å². The number of benzene rings is 1. The molecule has 2 N–H and O–H groups in total. The summed E-state index contributed by atoms with van der Waals surface area (Å²) in [7, 11) is -0.239. The molecule has 166 valence electrons. The molecule has 1 unspecified atom stereocenters. The van der Waals surface area contributed by atoms with Gasteiger partial charge in [0.05, 0.1) is 0 Å². The van der Waals surface area contributed by atoms with E-state index in [-0.39, 0.29) is 10.9 Å². The summed E-state index contributed by atoms with van der Waals surface area (Å²) in [6.45, 7) is 4.95. The molecule has 3 amide bonds. The van der Waals surface area contributed by atoms with E-state index in [1.165, 1.54) is 33.0 Å². The number of urea groups is 1. The van der Waals surface area contributed by atoms with Gasteiger partial charge in [0.25, 0.3) is 5.91 Å². The zero-order valence-corrected chi connectivity index (χ0v) is 19.1. The molecule has 1 heterocycles. The summed E-state index contributed by atoms with van der Waals surface area (Å²) in [6, 6.07) is 3.26. The lowest BCUT2D eigenvalue weighted by molar-refractivity contribution is 0.0762. The Labute approximate surface area is 185 Å². The minimum atomic E-state index is -1.87. The molecule has 4 rings (SSSR count). The van der Waals surface area contributed by atoms with Crippen LogP contribution in [0.2, 0.25) is 0 Å². The van der Waals surface area contributed by atoms with Gasteiger partial charge in [0.1, 0.15) is 5.69 Å². The number of aryl methyl sites for hydroxylation is 3. The molecule has 2 aromatic rings. The Balaban J connectivity index is 1.49. The largest absolute Gasteiger partial charge is 0.338 e. The van der Waals surface area contributed by atoms with Crippen molar-refractivity contribution in [1.29, 1.82) is 0 Å². The third-order valence-electron chi connectivity index (χ3n) is 6.21. The number of aromatic nitrogens is 2. The Bertz CT molecular complexity index is 1030. The van der Waals surface area contributed by atoms with Crippen LogP contribution in [0.3, 0.4) is 0 Å². The van der Waals surface area contributed by atoms with Gasteiger partial charge in [0, 0.05) is 31.9 Å². The molecule has 0 aliphatic heterocycles. The lowest BCUT2D eigenvalue weighted by Crippen LogP contribution is -2.32. The average molecular weight is 444 g/mol. The number of carbonyl (C=O) groups excluding carboxylic acids is 2. The number of nitrogens with zero attached hydrogens (tertiary/aromatic N) is 3. The second-order valence-electron chi connectivity index (χ2n) is 8.03. The molecule has 1 atom stereocenters. The van der Waals surface area contributed by atoms with Crippen molar-refractivity contribution in [2.75, 3.05) is 18.4 Å². The van der Waals surface area contributed by atoms with E-state index in [0.717, 1.165) is 44.2 Å². The number of hydrogen-bond donors (Lipinski definition) is 2. The molecule has 0 saturated carbocycles. The number of fused-ring (bicyclic) bond motifs is 2. The van der Waals surface area contributed by atoms with Crippen LogP contribution in [0.25, 0.3) is 0 Å². The van der Waals surface area contributed by atoms with E-state index >= 15 is 0 Å². The number of hydrogen-bond acceptors (Lipinski definition) is 4. The minimum Gasteiger partial charge on any atom is -0.338 e. The molecule has 0 fully saturated rings. The highest BCUT2D eigenvalue weighted by atomic mass is 32.2. The molecular weight excluding hydrogens is 414 g/mol. The van der Waals surface area contributed by atoms with Crippen molar-refractivity contribution in [1.82, 2.24) is 19.4 Å². The van der Waals surface area contributed by atoms with Gasteiger partial charge >= 0.3 is 6.03 Å². The fraction of sp³-hybridized carbons (Fsp3) is 0.500. The van der Waals surface area contributed by atoms with Crippen molar-refractivity contribution in [2.24, 2.45) is 7.05 Å². The number of rotatable bonds is 6. The summed E-state index contributed by atoms with van der Waals surface area (Å²) >= 11 is 0. The molecule has 0 radical (unpaired) electrons. The first-order chi connectivity index (χ1) is 14.9. The molecular formula is C22H29N5O3S. The standard InChI is InChI=1S/C22H29N5O3S/c1-4-27(5-2)21(28)18-13-19(24-26(18)3)31(30)25-22(29)23-20-16-10-6-8-14(16)12-15-9-7-11-17(15)20/h12-13H,4-11H2,1-3H3,(H2,23,25,29). The maximum Gasteiger partial charge on any atom is 0.331 e. The zero-order chi connectivity index (χ0) is 22.1. The third-order valence-corrected chi connectivity index (χ3v) is 7.16. The predicted molar refractivity (Wildman–Crippen MR) is 120 cm³/mol. The van der Waals surface area contributed by atoms with Gasteiger partial charge in [0.15, 0.2) is 16.0 Å². The van der Waals surface area contributed by atoms with Crippen molar-refractivity contribution < 1.29 is 13.8 Å². The van der Waals surface area contributed by atoms with Crippen molar-refractivity contribution in [2.45, 2.75) is 57.4 Å². The Kier molecular flexibility index (Phi) is 6.13. The molecule has 2 aliphatic carbocycles. The summed E-state index contributed by atoms with van der Waals surface area (Å²) in [6.07, 6.45) is 6.19. The molecule has 8 nitrogen and oxygen atoms in total. The fourth-order valence-corrected chi connectivity index (χ4v) is 5.39. The Morgan fingerprint density at radius 1 is 1.06 bits per heavy atom. The maximum absolute atomic E-state index is 12.7. The Morgan fingerprint density at radius 2 is 1.68 bits per heavy atom. The van der Waals surface area contributed by atoms with Gasteiger partial charge in [-0.1, -0.05) is 6.07 Å². The van der Waals surface area contributed by atoms with Gasteiger partial charge in [-0.3, -0.25) is 14.2 Å². The van der Waals surface area contributed by atoms with E-state index in [4.69, 9.17) is 0 Å². The van der Waals surface area contributed by atoms with Gasteiger partial charge in [0.2, 0.25) is 0 Å². The van der Waals surface area contributed by atoms with Crippen LogP contribution in [0.15, 0.2) is 17.2 Å². The molecule has 0 bridgehead atoms. The second kappa shape index (κ2) is 8.82. The topological polar surface area (TPSA) is 96.3 Å². The Morgan fingerprint density at radius 3 is 2.26 bits per heavy atom. The number of carbonyl (C=O) groups is 2. The molecule has 2 aliphatic rings. The first kappa shape index (κ1) is 21.5. The highest BCUT2D eigenvalue weighted by molar-refractivity contribution is 7.83. The third kappa shape index (κ3) is 4.11. The lowest BCUT2D eigenvalue weighted by Gasteiger charge is -2.18. The maximum atomic E-state index is 12.7. The van der Waals surface area contributed by atoms with Crippen LogP contribution in [-0.2, 0) is 43.7 Å². The number of nitrogens with one attached hydrogen (secondary N) is 2. The van der Waals surface area contributed by atoms with Gasteiger partial charge in [-0.25, -0.2) is 9.00 Å². The smallest absolute Gasteiger partial charge is 0.331 e. The molecule has 1 aromatic heterocycles. The summed E-state index contributed by atoms with van der Waals surface area (Å²) in [4.78, 5) is 27.0.